The lowest BCUT2D eigenvalue weighted by molar-refractivity contribution is 0.230. The van der Waals surface area contributed by atoms with Gasteiger partial charge in [-0.1, -0.05) is 36.9 Å². The molecular formula is C28H33N3O2. The molecule has 1 fully saturated rings. The zero-order valence-corrected chi connectivity index (χ0v) is 19.5. The van der Waals surface area contributed by atoms with Crippen LogP contribution in [0.2, 0.25) is 0 Å². The van der Waals surface area contributed by atoms with E-state index in [1.807, 2.05) is 42.9 Å². The topological polar surface area (TPSA) is 58.0 Å². The highest BCUT2D eigenvalue weighted by Crippen LogP contribution is 2.35. The quantitative estimate of drug-likeness (QED) is 0.507. The van der Waals surface area contributed by atoms with Crippen LogP contribution >= 0.6 is 0 Å². The molecule has 3 aromatic rings. The molecule has 1 aliphatic rings. The highest BCUT2D eigenvalue weighted by Gasteiger charge is 2.28. The first-order valence-electron chi connectivity index (χ1n) is 11.3. The normalized spacial score (nSPS) is 14.9. The number of piperidine rings is 1. The smallest absolute Gasteiger partial charge is 0.118 e. The number of ether oxygens (including phenoxy) is 1. The van der Waals surface area contributed by atoms with Crippen LogP contribution in [0.3, 0.4) is 0 Å². The number of aromatic nitrogens is 1. The Morgan fingerprint density at radius 3 is 2.27 bits per heavy atom. The van der Waals surface area contributed by atoms with Gasteiger partial charge in [-0.3, -0.25) is 9.98 Å². The van der Waals surface area contributed by atoms with E-state index in [0.29, 0.717) is 5.92 Å². The molecule has 0 bridgehead atoms. The molecular weight excluding hydrogens is 410 g/mol. The maximum absolute atomic E-state index is 7.00. The fraction of sp³-hybridized carbons (Fsp3) is 0.286. The number of hydrogen-bond donors (Lipinski definition) is 1. The van der Waals surface area contributed by atoms with Crippen LogP contribution < -0.4 is 4.74 Å². The Kier molecular flexibility index (Phi) is 9.21. The van der Waals surface area contributed by atoms with E-state index in [0.717, 1.165) is 55.6 Å². The van der Waals surface area contributed by atoms with Gasteiger partial charge in [0, 0.05) is 44.5 Å². The summed E-state index contributed by atoms with van der Waals surface area (Å²) in [6.45, 7) is 6.34. The fourth-order valence-electron chi connectivity index (χ4n) is 4.20. The molecule has 4 rings (SSSR count). The molecule has 5 nitrogen and oxygen atoms in total. The predicted octanol–water partition coefficient (Wildman–Crippen LogP) is 5.24. The van der Waals surface area contributed by atoms with Crippen LogP contribution in [0, 0.1) is 5.92 Å². The molecule has 1 N–H and O–H groups in total. The Bertz CT molecular complexity index is 996. The van der Waals surface area contributed by atoms with E-state index in [9.17, 15) is 0 Å². The average molecular weight is 444 g/mol. The predicted molar refractivity (Wildman–Crippen MR) is 135 cm³/mol. The van der Waals surface area contributed by atoms with E-state index in [1.54, 1.807) is 7.11 Å². The van der Waals surface area contributed by atoms with Crippen molar-refractivity contribution >= 4 is 11.9 Å². The summed E-state index contributed by atoms with van der Waals surface area (Å²) in [5, 5.41) is 7.00. The number of hydrogen-bond acceptors (Lipinski definition) is 5. The van der Waals surface area contributed by atoms with E-state index in [1.165, 1.54) is 5.56 Å². The summed E-state index contributed by atoms with van der Waals surface area (Å²) in [4.78, 5) is 11.5. The van der Waals surface area contributed by atoms with Gasteiger partial charge in [0.2, 0.25) is 0 Å². The lowest BCUT2D eigenvalue weighted by atomic mass is 9.85. The number of aliphatic hydroxyl groups excluding tert-OH is 1. The minimum absolute atomic E-state index is 0.158. The van der Waals surface area contributed by atoms with E-state index in [4.69, 9.17) is 14.8 Å². The molecule has 1 saturated heterocycles. The number of methoxy groups -OCH3 is 1. The van der Waals surface area contributed by atoms with Crippen molar-refractivity contribution in [3.63, 3.8) is 0 Å². The second-order valence-electron chi connectivity index (χ2n) is 7.91. The van der Waals surface area contributed by atoms with Gasteiger partial charge in [-0.15, -0.1) is 0 Å². The highest BCUT2D eigenvalue weighted by molar-refractivity contribution is 5.79. The van der Waals surface area contributed by atoms with E-state index in [-0.39, 0.29) is 6.04 Å². The van der Waals surface area contributed by atoms with Gasteiger partial charge in [0.25, 0.3) is 0 Å². The largest absolute Gasteiger partial charge is 0.497 e. The van der Waals surface area contributed by atoms with Gasteiger partial charge in [0.1, 0.15) is 5.75 Å². The van der Waals surface area contributed by atoms with E-state index >= 15 is 0 Å². The monoisotopic (exact) mass is 443 g/mol. The Morgan fingerprint density at radius 2 is 1.67 bits per heavy atom. The molecule has 1 atom stereocenters. The van der Waals surface area contributed by atoms with E-state index in [2.05, 4.69) is 58.9 Å². The third-order valence-electron chi connectivity index (χ3n) is 6.02. The highest BCUT2D eigenvalue weighted by atomic mass is 16.5. The first-order chi connectivity index (χ1) is 16.2. The third kappa shape index (κ3) is 6.53. The number of rotatable bonds is 7. The van der Waals surface area contributed by atoms with Crippen molar-refractivity contribution < 1.29 is 9.84 Å². The number of likely N-dealkylation sites (tertiary alicyclic amines) is 1. The van der Waals surface area contributed by atoms with Gasteiger partial charge in [-0.25, -0.2) is 0 Å². The Labute approximate surface area is 197 Å². The summed E-state index contributed by atoms with van der Waals surface area (Å²) in [7, 11) is 2.69. The van der Waals surface area contributed by atoms with Gasteiger partial charge < -0.3 is 14.7 Å². The van der Waals surface area contributed by atoms with Crippen molar-refractivity contribution in [2.75, 3.05) is 27.3 Å². The van der Waals surface area contributed by atoms with Crippen molar-refractivity contribution in [3.05, 3.63) is 102 Å². The fourth-order valence-corrected chi connectivity index (χ4v) is 4.20. The summed E-state index contributed by atoms with van der Waals surface area (Å²) in [5.74, 6) is 1.37. The first kappa shape index (κ1) is 24.2. The minimum Gasteiger partial charge on any atom is -0.497 e. The maximum atomic E-state index is 7.00. The molecule has 5 heteroatoms. The second-order valence-corrected chi connectivity index (χ2v) is 7.91. The molecule has 0 spiro atoms. The minimum atomic E-state index is 0.158. The van der Waals surface area contributed by atoms with Gasteiger partial charge in [0.05, 0.1) is 13.2 Å². The maximum Gasteiger partial charge on any atom is 0.118 e. The van der Waals surface area contributed by atoms with Crippen LogP contribution in [0.5, 0.6) is 5.75 Å². The molecule has 0 radical (unpaired) electrons. The Balaban J connectivity index is 0.00000149. The Hall–Kier alpha value is -3.44. The van der Waals surface area contributed by atoms with Crippen LogP contribution in [-0.2, 0) is 0 Å². The molecule has 2 aromatic carbocycles. The lowest BCUT2D eigenvalue weighted by Gasteiger charge is -2.37. The molecule has 0 aliphatic carbocycles. The number of aliphatic imine (C=N–C) groups is 1. The summed E-state index contributed by atoms with van der Waals surface area (Å²) in [6, 6.07) is 22.9. The van der Waals surface area contributed by atoms with Gasteiger partial charge in [0.15, 0.2) is 0 Å². The summed E-state index contributed by atoms with van der Waals surface area (Å²) in [6.07, 6.45) is 7.77. The summed E-state index contributed by atoms with van der Waals surface area (Å²) in [5.41, 5.74) is 4.59. The van der Waals surface area contributed by atoms with Crippen molar-refractivity contribution in [2.24, 2.45) is 10.9 Å². The van der Waals surface area contributed by atoms with Gasteiger partial charge in [-0.2, -0.15) is 0 Å². The SMILES string of the molecule is C=C(c1ccc(OC)cc1)N1CCC(C(N=Cc2ccncc2)c2ccccc2)CC1.CO. The molecule has 33 heavy (non-hydrogen) atoms. The van der Waals surface area contributed by atoms with Crippen molar-refractivity contribution in [2.45, 2.75) is 18.9 Å². The van der Waals surface area contributed by atoms with Crippen LogP contribution in [-0.4, -0.2) is 48.5 Å². The van der Waals surface area contributed by atoms with Gasteiger partial charge in [-0.05, 0) is 71.8 Å². The number of aliphatic hydroxyl groups is 1. The van der Waals surface area contributed by atoms with Crippen LogP contribution in [0.4, 0.5) is 0 Å². The van der Waals surface area contributed by atoms with Crippen LogP contribution in [0.1, 0.15) is 35.6 Å². The van der Waals surface area contributed by atoms with E-state index < -0.39 is 0 Å². The summed E-state index contributed by atoms with van der Waals surface area (Å²) >= 11 is 0. The first-order valence-corrected chi connectivity index (χ1v) is 11.3. The molecule has 1 unspecified atom stereocenters. The second kappa shape index (κ2) is 12.6. The molecule has 2 heterocycles. The van der Waals surface area contributed by atoms with Crippen molar-refractivity contribution in [1.29, 1.82) is 0 Å². The molecule has 0 saturated carbocycles. The van der Waals surface area contributed by atoms with Gasteiger partial charge >= 0.3 is 0 Å². The zero-order chi connectivity index (χ0) is 23.5. The number of nitrogens with zero attached hydrogens (tertiary/aromatic N) is 3. The number of benzene rings is 2. The van der Waals surface area contributed by atoms with Crippen LogP contribution in [0.15, 0.2) is 90.7 Å². The van der Waals surface area contributed by atoms with Crippen LogP contribution in [0.25, 0.3) is 5.70 Å². The van der Waals surface area contributed by atoms with Crippen molar-refractivity contribution in [1.82, 2.24) is 9.88 Å². The molecule has 172 valence electrons. The average Bonchev–Trinajstić information content (AvgIpc) is 2.91. The Morgan fingerprint density at radius 1 is 1.03 bits per heavy atom. The lowest BCUT2D eigenvalue weighted by Crippen LogP contribution is -2.34. The number of pyridine rings is 1. The molecule has 1 aromatic heterocycles. The molecule has 0 amide bonds. The summed E-state index contributed by atoms with van der Waals surface area (Å²) < 4.78 is 5.27. The molecule has 1 aliphatic heterocycles. The standard InChI is InChI=1S/C27H29N3O.CH4O/c1-21(23-8-10-26(31-2)11-9-23)30-18-14-25(15-19-30)27(24-6-4-3-5-7-24)29-20-22-12-16-28-17-13-22;1-2/h3-13,16-17,20,25,27H,1,14-15,18-19H2,2H3;2H,1H3. The third-order valence-corrected chi connectivity index (χ3v) is 6.02. The van der Waals surface area contributed by atoms with Crippen molar-refractivity contribution in [3.8, 4) is 5.75 Å². The zero-order valence-electron chi connectivity index (χ0n) is 19.5.